The molecule has 0 aliphatic carbocycles. The normalized spacial score (nSPS) is 10.7. The van der Waals surface area contributed by atoms with E-state index in [-0.39, 0.29) is 0 Å². The molecule has 0 bridgehead atoms. The Morgan fingerprint density at radius 1 is 1.25 bits per heavy atom. The number of urea groups is 1. The second-order valence-electron chi connectivity index (χ2n) is 4.55. The van der Waals surface area contributed by atoms with E-state index < -0.39 is 6.03 Å². The molecule has 1 heterocycles. The number of hydrogen-bond acceptors (Lipinski definition) is 2. The van der Waals surface area contributed by atoms with Crippen molar-refractivity contribution in [3.05, 3.63) is 60.4 Å². The summed E-state index contributed by atoms with van der Waals surface area (Å²) in [7, 11) is 0. The number of furan rings is 1. The zero-order valence-corrected chi connectivity index (χ0v) is 11.0. The lowest BCUT2D eigenvalue weighted by molar-refractivity contribution is 0.256. The molecule has 0 saturated heterocycles. The highest BCUT2D eigenvalue weighted by molar-refractivity contribution is 6.00. The van der Waals surface area contributed by atoms with Crippen LogP contribution >= 0.6 is 0 Å². The van der Waals surface area contributed by atoms with Crippen molar-refractivity contribution in [1.82, 2.24) is 0 Å². The van der Waals surface area contributed by atoms with Crippen LogP contribution in [0.4, 0.5) is 16.2 Å². The first-order valence-electron chi connectivity index (χ1n) is 6.21. The van der Waals surface area contributed by atoms with Crippen LogP contribution in [0.2, 0.25) is 0 Å². The molecule has 0 atom stereocenters. The number of carbonyl (C=O) groups excluding carboxylic acids is 1. The number of para-hydroxylation sites is 1. The molecule has 2 N–H and O–H groups in total. The number of anilines is 2. The first kappa shape index (κ1) is 12.3. The van der Waals surface area contributed by atoms with E-state index in [1.165, 1.54) is 4.90 Å². The number of nitrogens with zero attached hydrogens (tertiary/aromatic N) is 1. The molecule has 0 unspecified atom stereocenters. The van der Waals surface area contributed by atoms with Crippen LogP contribution in [0.5, 0.6) is 0 Å². The van der Waals surface area contributed by atoms with Gasteiger partial charge < -0.3 is 10.2 Å². The molecule has 0 spiro atoms. The number of hydrogen-bond donors (Lipinski definition) is 1. The third kappa shape index (κ3) is 2.01. The molecule has 4 nitrogen and oxygen atoms in total. The lowest BCUT2D eigenvalue weighted by atomic mass is 10.1. The van der Waals surface area contributed by atoms with Crippen LogP contribution in [0.15, 0.2) is 52.9 Å². The van der Waals surface area contributed by atoms with Crippen molar-refractivity contribution in [3.63, 3.8) is 0 Å². The van der Waals surface area contributed by atoms with E-state index >= 15 is 0 Å². The number of rotatable bonds is 2. The molecule has 1 radical (unpaired) electrons. The van der Waals surface area contributed by atoms with E-state index in [4.69, 9.17) is 10.2 Å². The Morgan fingerprint density at radius 2 is 2.05 bits per heavy atom. The first-order valence-corrected chi connectivity index (χ1v) is 6.21. The maximum Gasteiger partial charge on any atom is 0.323 e. The second-order valence-corrected chi connectivity index (χ2v) is 4.55. The zero-order valence-electron chi connectivity index (χ0n) is 11.0. The second kappa shape index (κ2) is 4.74. The van der Waals surface area contributed by atoms with Crippen LogP contribution in [0.25, 0.3) is 11.0 Å². The third-order valence-corrected chi connectivity index (χ3v) is 3.21. The maximum atomic E-state index is 11.8. The van der Waals surface area contributed by atoms with Gasteiger partial charge in [0, 0.05) is 5.39 Å². The average molecular weight is 265 g/mol. The number of fused-ring (bicyclic) bond motifs is 1. The van der Waals surface area contributed by atoms with Crippen molar-refractivity contribution >= 4 is 28.4 Å². The Balaban J connectivity index is 2.15. The Kier molecular flexibility index (Phi) is 2.91. The molecule has 1 aromatic heterocycles. The van der Waals surface area contributed by atoms with E-state index in [0.29, 0.717) is 5.69 Å². The molecule has 0 saturated carbocycles. The largest absolute Gasteiger partial charge is 0.453 e. The highest BCUT2D eigenvalue weighted by Gasteiger charge is 2.17. The lowest BCUT2D eigenvalue weighted by Crippen LogP contribution is -2.31. The lowest BCUT2D eigenvalue weighted by Gasteiger charge is -2.22. The molecule has 3 rings (SSSR count). The van der Waals surface area contributed by atoms with Crippen LogP contribution < -0.4 is 10.6 Å². The quantitative estimate of drug-likeness (QED) is 0.767. The predicted molar refractivity (Wildman–Crippen MR) is 78.0 cm³/mol. The van der Waals surface area contributed by atoms with Crippen molar-refractivity contribution in [2.45, 2.75) is 6.92 Å². The fraction of sp³-hybridized carbons (Fsp3) is 0.0625. The van der Waals surface area contributed by atoms with Crippen molar-refractivity contribution in [2.24, 2.45) is 5.73 Å². The molecule has 0 aliphatic heterocycles. The van der Waals surface area contributed by atoms with Gasteiger partial charge in [-0.25, -0.2) is 4.79 Å². The smallest absolute Gasteiger partial charge is 0.323 e. The number of nitrogens with two attached hydrogens (primary N) is 1. The molecule has 0 aliphatic rings. The molecule has 3 aromatic rings. The number of primary amides is 1. The van der Waals surface area contributed by atoms with E-state index in [2.05, 4.69) is 6.26 Å². The Bertz CT molecular complexity index is 777. The molecular formula is C16H13N2O2. The molecule has 20 heavy (non-hydrogen) atoms. The fourth-order valence-electron chi connectivity index (χ4n) is 2.24. The standard InChI is InChI=1S/C16H13N2O2/c1-11-4-2-3-5-14(11)18(16(17)19)13-6-7-15-12(10-13)8-9-20-15/h2-8,10H,1H3,(H2,17,19). The van der Waals surface area contributed by atoms with Crippen LogP contribution in [-0.4, -0.2) is 6.03 Å². The van der Waals surface area contributed by atoms with Crippen molar-refractivity contribution in [3.8, 4) is 0 Å². The molecule has 0 fully saturated rings. The molecule has 99 valence electrons. The van der Waals surface area contributed by atoms with Gasteiger partial charge in [-0.1, -0.05) is 18.2 Å². The van der Waals surface area contributed by atoms with Gasteiger partial charge in [-0.15, -0.1) is 0 Å². The van der Waals surface area contributed by atoms with Gasteiger partial charge in [-0.2, -0.15) is 0 Å². The summed E-state index contributed by atoms with van der Waals surface area (Å²) in [5, 5.41) is 0.877. The minimum atomic E-state index is -0.522. The molecular weight excluding hydrogens is 252 g/mol. The summed E-state index contributed by atoms with van der Waals surface area (Å²) >= 11 is 0. The third-order valence-electron chi connectivity index (χ3n) is 3.21. The van der Waals surface area contributed by atoms with E-state index in [1.807, 2.05) is 37.3 Å². The Labute approximate surface area is 116 Å². The first-order chi connectivity index (χ1) is 9.66. The van der Waals surface area contributed by atoms with Gasteiger partial charge in [-0.05, 0) is 42.8 Å². The summed E-state index contributed by atoms with van der Waals surface area (Å²) in [4.78, 5) is 13.3. The number of aryl methyl sites for hydroxylation is 1. The topological polar surface area (TPSA) is 59.5 Å². The monoisotopic (exact) mass is 265 g/mol. The minimum Gasteiger partial charge on any atom is -0.453 e. The van der Waals surface area contributed by atoms with Gasteiger partial charge in [0.25, 0.3) is 0 Å². The van der Waals surface area contributed by atoms with Gasteiger partial charge in [0.05, 0.1) is 11.4 Å². The summed E-state index contributed by atoms with van der Waals surface area (Å²) in [6.45, 7) is 1.94. The van der Waals surface area contributed by atoms with Crippen molar-refractivity contribution < 1.29 is 9.21 Å². The van der Waals surface area contributed by atoms with Crippen LogP contribution in [0.3, 0.4) is 0 Å². The average Bonchev–Trinajstić information content (AvgIpc) is 2.88. The summed E-state index contributed by atoms with van der Waals surface area (Å²) < 4.78 is 5.18. The van der Waals surface area contributed by atoms with E-state index in [0.717, 1.165) is 22.2 Å². The van der Waals surface area contributed by atoms with Gasteiger partial charge in [0.15, 0.2) is 6.26 Å². The predicted octanol–water partition coefficient (Wildman–Crippen LogP) is 3.76. The molecule has 2 aromatic carbocycles. The summed E-state index contributed by atoms with van der Waals surface area (Å²) in [6.07, 6.45) is 2.67. The summed E-state index contributed by atoms with van der Waals surface area (Å²) in [5.74, 6) is 0. The maximum absolute atomic E-state index is 11.8. The van der Waals surface area contributed by atoms with Gasteiger partial charge in [0.1, 0.15) is 5.58 Å². The fourth-order valence-corrected chi connectivity index (χ4v) is 2.24. The van der Waals surface area contributed by atoms with Gasteiger partial charge >= 0.3 is 6.03 Å². The van der Waals surface area contributed by atoms with Crippen molar-refractivity contribution in [2.75, 3.05) is 4.90 Å². The number of carbonyl (C=O) groups is 1. The van der Waals surface area contributed by atoms with Crippen molar-refractivity contribution in [1.29, 1.82) is 0 Å². The minimum absolute atomic E-state index is 0.522. The van der Waals surface area contributed by atoms with E-state index in [1.54, 1.807) is 18.2 Å². The highest BCUT2D eigenvalue weighted by Crippen LogP contribution is 2.30. The Hall–Kier alpha value is -2.75. The number of benzene rings is 2. The van der Waals surface area contributed by atoms with Crippen LogP contribution in [-0.2, 0) is 0 Å². The van der Waals surface area contributed by atoms with Gasteiger partial charge in [0.2, 0.25) is 0 Å². The van der Waals surface area contributed by atoms with Crippen LogP contribution in [0, 0.1) is 13.2 Å². The highest BCUT2D eigenvalue weighted by atomic mass is 16.3. The van der Waals surface area contributed by atoms with Crippen LogP contribution in [0.1, 0.15) is 5.56 Å². The zero-order chi connectivity index (χ0) is 14.1. The Morgan fingerprint density at radius 3 is 2.80 bits per heavy atom. The molecule has 2 amide bonds. The number of amides is 2. The van der Waals surface area contributed by atoms with Gasteiger partial charge in [-0.3, -0.25) is 4.90 Å². The summed E-state index contributed by atoms with van der Waals surface area (Å²) in [6, 6.07) is 14.3. The van der Waals surface area contributed by atoms with E-state index in [9.17, 15) is 4.79 Å². The summed E-state index contributed by atoms with van der Waals surface area (Å²) in [5.41, 5.74) is 8.72. The molecule has 4 heteroatoms. The SMILES string of the molecule is Cc1ccccc1N(C(N)=O)c1ccc2o[c]cc2c1.